The number of nitrogens with zero attached hydrogens (tertiary/aromatic N) is 5. The van der Waals surface area contributed by atoms with Crippen LogP contribution in [-0.4, -0.2) is 57.3 Å². The number of likely N-dealkylation sites (N-methyl/N-ethyl adjacent to an activating group) is 1. The van der Waals surface area contributed by atoms with Crippen molar-refractivity contribution in [2.45, 2.75) is 32.5 Å². The van der Waals surface area contributed by atoms with E-state index in [4.69, 9.17) is 4.42 Å². The van der Waals surface area contributed by atoms with Crippen LogP contribution in [0.5, 0.6) is 0 Å². The van der Waals surface area contributed by atoms with Crippen LogP contribution in [-0.2, 0) is 13.1 Å². The highest BCUT2D eigenvalue weighted by atomic mass is 16.4. The second-order valence-corrected chi connectivity index (χ2v) is 5.79. The van der Waals surface area contributed by atoms with Crippen LogP contribution < -0.4 is 0 Å². The van der Waals surface area contributed by atoms with Gasteiger partial charge in [-0.1, -0.05) is 0 Å². The molecule has 0 N–H and O–H groups in total. The summed E-state index contributed by atoms with van der Waals surface area (Å²) in [4.78, 5) is 9.13. The molecule has 6 nitrogen and oxygen atoms in total. The van der Waals surface area contributed by atoms with Gasteiger partial charge in [-0.25, -0.2) is 4.98 Å². The first-order chi connectivity index (χ1) is 10.2. The Bertz CT molecular complexity index is 550. The van der Waals surface area contributed by atoms with Gasteiger partial charge >= 0.3 is 0 Å². The van der Waals surface area contributed by atoms with Crippen molar-refractivity contribution in [2.75, 3.05) is 26.7 Å². The predicted octanol–water partition coefficient (Wildman–Crippen LogP) is 1.39. The van der Waals surface area contributed by atoms with Crippen molar-refractivity contribution in [1.29, 1.82) is 0 Å². The molecule has 21 heavy (non-hydrogen) atoms. The van der Waals surface area contributed by atoms with Crippen molar-refractivity contribution in [1.82, 2.24) is 24.6 Å². The quantitative estimate of drug-likeness (QED) is 0.804. The maximum atomic E-state index is 5.56. The average molecular weight is 289 g/mol. The summed E-state index contributed by atoms with van der Waals surface area (Å²) in [6.07, 6.45) is 6.84. The van der Waals surface area contributed by atoms with E-state index >= 15 is 0 Å². The van der Waals surface area contributed by atoms with Crippen molar-refractivity contribution >= 4 is 0 Å². The Kier molecular flexibility index (Phi) is 4.36. The molecule has 6 heteroatoms. The molecule has 3 rings (SSSR count). The van der Waals surface area contributed by atoms with Gasteiger partial charge in [-0.05, 0) is 33.0 Å². The van der Waals surface area contributed by atoms with Gasteiger partial charge in [-0.3, -0.25) is 14.5 Å². The van der Waals surface area contributed by atoms with Crippen molar-refractivity contribution in [3.8, 4) is 0 Å². The number of hydrogen-bond acceptors (Lipinski definition) is 5. The highest BCUT2D eigenvalue weighted by Gasteiger charge is 2.26. The number of rotatable bonds is 6. The third-order valence-corrected chi connectivity index (χ3v) is 4.13. The van der Waals surface area contributed by atoms with E-state index in [0.717, 1.165) is 44.4 Å². The summed E-state index contributed by atoms with van der Waals surface area (Å²) in [6.45, 7) is 7.00. The molecule has 0 radical (unpaired) electrons. The average Bonchev–Trinajstić information content (AvgIpc) is 3.17. The second-order valence-electron chi connectivity index (χ2n) is 5.79. The van der Waals surface area contributed by atoms with Gasteiger partial charge in [0.2, 0.25) is 5.89 Å². The van der Waals surface area contributed by atoms with E-state index in [9.17, 15) is 0 Å². The molecule has 0 aromatic carbocycles. The maximum Gasteiger partial charge on any atom is 0.208 e. The summed E-state index contributed by atoms with van der Waals surface area (Å²) in [6, 6.07) is 2.55. The first-order valence-corrected chi connectivity index (χ1v) is 7.52. The molecule has 3 heterocycles. The van der Waals surface area contributed by atoms with E-state index in [1.54, 1.807) is 6.20 Å². The zero-order valence-corrected chi connectivity index (χ0v) is 12.8. The number of aryl methyl sites for hydroxylation is 1. The summed E-state index contributed by atoms with van der Waals surface area (Å²) in [5.74, 6) is 1.69. The van der Waals surface area contributed by atoms with Gasteiger partial charge in [0.25, 0.3) is 0 Å². The zero-order valence-electron chi connectivity index (χ0n) is 12.8. The molecule has 2 aromatic rings. The maximum absolute atomic E-state index is 5.56. The molecule has 1 saturated heterocycles. The van der Waals surface area contributed by atoms with Crippen LogP contribution in [0.15, 0.2) is 29.1 Å². The van der Waals surface area contributed by atoms with Gasteiger partial charge < -0.3 is 4.42 Å². The van der Waals surface area contributed by atoms with Crippen LogP contribution in [0.3, 0.4) is 0 Å². The molecule has 0 bridgehead atoms. The van der Waals surface area contributed by atoms with Crippen molar-refractivity contribution in [3.05, 3.63) is 36.3 Å². The predicted molar refractivity (Wildman–Crippen MR) is 79.8 cm³/mol. The summed E-state index contributed by atoms with van der Waals surface area (Å²) in [5, 5.41) is 4.25. The first kappa shape index (κ1) is 14.3. The van der Waals surface area contributed by atoms with Crippen LogP contribution >= 0.6 is 0 Å². The molecule has 1 fully saturated rings. The fraction of sp³-hybridized carbons (Fsp3) is 0.600. The molecule has 0 spiro atoms. The van der Waals surface area contributed by atoms with E-state index in [2.05, 4.69) is 26.9 Å². The lowest BCUT2D eigenvalue weighted by Gasteiger charge is -2.23. The number of hydrogen-bond donors (Lipinski definition) is 0. The van der Waals surface area contributed by atoms with Crippen molar-refractivity contribution in [2.24, 2.45) is 0 Å². The van der Waals surface area contributed by atoms with E-state index in [-0.39, 0.29) is 0 Å². The van der Waals surface area contributed by atoms with Gasteiger partial charge in [0.15, 0.2) is 0 Å². The van der Waals surface area contributed by atoms with Gasteiger partial charge in [-0.2, -0.15) is 5.10 Å². The summed E-state index contributed by atoms with van der Waals surface area (Å²) in [7, 11) is 2.15. The SMILES string of the molecule is Cc1cnc(CN(C)C2CCN(CCn3cccn3)C2)o1. The molecule has 0 amide bonds. The minimum Gasteiger partial charge on any atom is -0.445 e. The van der Waals surface area contributed by atoms with Crippen molar-refractivity contribution in [3.63, 3.8) is 0 Å². The highest BCUT2D eigenvalue weighted by molar-refractivity contribution is 4.92. The molecule has 2 aromatic heterocycles. The fourth-order valence-electron chi connectivity index (χ4n) is 2.87. The van der Waals surface area contributed by atoms with Gasteiger partial charge in [0.1, 0.15) is 5.76 Å². The molecule has 114 valence electrons. The van der Waals surface area contributed by atoms with E-state index in [0.29, 0.717) is 6.04 Å². The standard InChI is InChI=1S/C15H23N5O/c1-13-10-16-15(21-13)12-18(2)14-4-7-19(11-14)8-9-20-6-3-5-17-20/h3,5-6,10,14H,4,7-9,11-12H2,1-2H3. The van der Waals surface area contributed by atoms with Crippen LogP contribution in [0.4, 0.5) is 0 Å². The second kappa shape index (κ2) is 6.41. The topological polar surface area (TPSA) is 50.3 Å². The molecule has 0 saturated carbocycles. The molecular weight excluding hydrogens is 266 g/mol. The van der Waals surface area contributed by atoms with Crippen LogP contribution in [0.2, 0.25) is 0 Å². The lowest BCUT2D eigenvalue weighted by atomic mass is 10.2. The minimum absolute atomic E-state index is 0.579. The Morgan fingerprint density at radius 2 is 2.33 bits per heavy atom. The first-order valence-electron chi connectivity index (χ1n) is 7.52. The van der Waals surface area contributed by atoms with Gasteiger partial charge in [-0.15, -0.1) is 0 Å². The molecule has 1 aliphatic rings. The molecule has 1 atom stereocenters. The Balaban J connectivity index is 1.45. The van der Waals surface area contributed by atoms with E-state index in [1.807, 2.05) is 30.1 Å². The van der Waals surface area contributed by atoms with Gasteiger partial charge in [0, 0.05) is 31.5 Å². The largest absolute Gasteiger partial charge is 0.445 e. The number of oxazole rings is 1. The molecule has 1 aliphatic heterocycles. The third-order valence-electron chi connectivity index (χ3n) is 4.13. The smallest absolute Gasteiger partial charge is 0.208 e. The van der Waals surface area contributed by atoms with Crippen LogP contribution in [0.25, 0.3) is 0 Å². The monoisotopic (exact) mass is 289 g/mol. The lowest BCUT2D eigenvalue weighted by molar-refractivity contribution is 0.204. The minimum atomic E-state index is 0.579. The summed E-state index contributed by atoms with van der Waals surface area (Å²) < 4.78 is 7.55. The van der Waals surface area contributed by atoms with E-state index in [1.165, 1.54) is 6.42 Å². The Labute approximate surface area is 125 Å². The van der Waals surface area contributed by atoms with Crippen LogP contribution in [0.1, 0.15) is 18.1 Å². The summed E-state index contributed by atoms with van der Waals surface area (Å²) >= 11 is 0. The lowest BCUT2D eigenvalue weighted by Crippen LogP contribution is -2.35. The fourth-order valence-corrected chi connectivity index (χ4v) is 2.87. The highest BCUT2D eigenvalue weighted by Crippen LogP contribution is 2.16. The summed E-state index contributed by atoms with van der Waals surface area (Å²) in [5.41, 5.74) is 0. The molecule has 1 unspecified atom stereocenters. The Morgan fingerprint density at radius 3 is 3.05 bits per heavy atom. The van der Waals surface area contributed by atoms with E-state index < -0.39 is 0 Å². The van der Waals surface area contributed by atoms with Crippen molar-refractivity contribution < 1.29 is 4.42 Å². The zero-order chi connectivity index (χ0) is 14.7. The Morgan fingerprint density at radius 1 is 1.43 bits per heavy atom. The number of aromatic nitrogens is 3. The van der Waals surface area contributed by atoms with Gasteiger partial charge in [0.05, 0.1) is 19.3 Å². The number of likely N-dealkylation sites (tertiary alicyclic amines) is 1. The van der Waals surface area contributed by atoms with Crippen LogP contribution in [0, 0.1) is 6.92 Å². The third kappa shape index (κ3) is 3.71. The molecular formula is C15H23N5O. The molecule has 0 aliphatic carbocycles. The Hall–Kier alpha value is -1.66. The normalized spacial score (nSPS) is 19.7.